The first kappa shape index (κ1) is 99.6. The molecule has 746 valence electrons. The summed E-state index contributed by atoms with van der Waals surface area (Å²) in [5.74, 6) is 10.0. The monoisotopic (exact) mass is 1960 g/mol. The van der Waals surface area contributed by atoms with Gasteiger partial charge in [0.25, 0.3) is 33.6 Å². The molecule has 150 heavy (non-hydrogen) atoms. The standard InChI is InChI=1S/2C30H35BO.C29H25BO.C27H23BO.C24H23BO/c1-18-10-13-22-21(16-18)30(8,9)26-20(29(5,6)7)12-15-25-27(26)31(22)23-17-19(28(2,3)4)11-14-24(23)32-25;1-18-10-12-20-22(16-18)31-23-17-19(28(2,3)4)11-14-24(23)32-25-15-13-21(29(5,6)7)26(27(25)31)30(20,8)9;1-18-10-14-25-24(16-18)30-23-13-12-21(20-8-6-5-7-9-20)17-22(23)29(3,4)27-19(2)11-15-26(31-25)28(27)30;1-16-9-11-23-22(13-16)28-21-15-19-8-6-5-7-18(19)14-20(21)27(3,4)25-17(2)10-12-24(29-23)26(25)28;1-14-6-9-17-18(12-14)25-19-13-15(2)7-10-20(19)26-21-11-8-16(3)22(23(21)25)24(17,4)5/h2*10-17H,1-9H3;5-17H,1-4H3;5-15H,1-4H3;6-13H,1-5H3. The van der Waals surface area contributed by atoms with Crippen LogP contribution in [-0.2, 0) is 48.7 Å². The summed E-state index contributed by atoms with van der Waals surface area (Å²) in [5, 5.41) is 2.62. The van der Waals surface area contributed by atoms with Gasteiger partial charge in [-0.1, -0.05) is 444 Å². The SMILES string of the molecule is Cc1ccc2c(c1)B1c3cc(C(C)(C)C)ccc3Oc3ccc(C(C)(C)C)c(c31)C2(C)C.Cc1ccc2c(c1)B1c3cc(C)ccc3C(C)(C)c3c(C)ccc(c31)O2.Cc1ccc2c(c1)B1c3cc4ccccc4cc3C(C)(C)c3c(C)ccc(c31)O2.Cc1ccc2c(c1)B1c3ccc(-c4ccccc4)cc3C(C)(C)c3c(C)ccc(c31)O2.Cc1ccc2c(c1)C(C)(C)c1c(C(C)(C)C)ccc3c1B2c1cc(C(C)(C)C)ccc1O3. The zero-order chi connectivity index (χ0) is 106. The minimum Gasteiger partial charge on any atom is -0.458 e. The van der Waals surface area contributed by atoms with Crippen molar-refractivity contribution in [2.75, 3.05) is 0 Å². The second-order valence-electron chi connectivity index (χ2n) is 52.0. The van der Waals surface area contributed by atoms with Crippen LogP contribution in [0.5, 0.6) is 57.5 Å². The van der Waals surface area contributed by atoms with Crippen LogP contribution in [0.2, 0.25) is 0 Å². The van der Waals surface area contributed by atoms with E-state index in [0.29, 0.717) is 0 Å². The van der Waals surface area contributed by atoms with Gasteiger partial charge in [0.2, 0.25) is 0 Å². The van der Waals surface area contributed by atoms with Crippen molar-refractivity contribution in [3.8, 4) is 68.6 Å². The summed E-state index contributed by atoms with van der Waals surface area (Å²) in [5.41, 5.74) is 54.6. The lowest BCUT2D eigenvalue weighted by atomic mass is 9.30. The average Bonchev–Trinajstić information content (AvgIpc) is 0.750. The van der Waals surface area contributed by atoms with E-state index in [2.05, 4.69) is 506 Å². The van der Waals surface area contributed by atoms with Crippen LogP contribution < -0.4 is 106 Å². The summed E-state index contributed by atoms with van der Waals surface area (Å²) in [4.78, 5) is 0. The Morgan fingerprint density at radius 2 is 0.453 bits per heavy atom. The molecule has 10 aliphatic heterocycles. The topological polar surface area (TPSA) is 46.2 Å². The summed E-state index contributed by atoms with van der Waals surface area (Å²) in [7, 11) is 0. The number of hydrogen-bond donors (Lipinski definition) is 0. The molecule has 17 aromatic rings. The molecule has 0 atom stereocenters. The fourth-order valence-corrected chi connectivity index (χ4v) is 28.2. The van der Waals surface area contributed by atoms with Gasteiger partial charge in [0.15, 0.2) is 0 Å². The van der Waals surface area contributed by atoms with Crippen molar-refractivity contribution in [1.82, 2.24) is 0 Å². The van der Waals surface area contributed by atoms with Crippen LogP contribution in [0.15, 0.2) is 291 Å². The zero-order valence-electron chi connectivity index (χ0n) is 94.1. The second-order valence-corrected chi connectivity index (χ2v) is 52.0. The molecule has 0 fully saturated rings. The molecule has 0 bridgehead atoms. The van der Waals surface area contributed by atoms with Gasteiger partial charge in [-0.05, 0) is 316 Å². The largest absolute Gasteiger partial charge is 0.458 e. The van der Waals surface area contributed by atoms with Gasteiger partial charge in [0, 0.05) is 27.1 Å². The second kappa shape index (κ2) is 34.9. The number of hydrogen-bond acceptors (Lipinski definition) is 5. The predicted octanol–water partition coefficient (Wildman–Crippen LogP) is 25.5. The van der Waals surface area contributed by atoms with Crippen LogP contribution in [0.4, 0.5) is 0 Å². The van der Waals surface area contributed by atoms with Crippen molar-refractivity contribution in [3.05, 3.63) is 419 Å². The Balaban J connectivity index is 0.000000103. The van der Waals surface area contributed by atoms with Gasteiger partial charge < -0.3 is 23.7 Å². The molecule has 0 radical (unpaired) electrons. The van der Waals surface area contributed by atoms with Crippen molar-refractivity contribution < 1.29 is 23.7 Å². The first-order chi connectivity index (χ1) is 70.9. The first-order valence-corrected chi connectivity index (χ1v) is 54.7. The maximum absolute atomic E-state index is 6.60. The van der Waals surface area contributed by atoms with Gasteiger partial charge in [0.1, 0.15) is 57.5 Å². The van der Waals surface area contributed by atoms with Crippen LogP contribution in [0, 0.1) is 62.3 Å². The van der Waals surface area contributed by atoms with E-state index in [1.54, 1.807) is 0 Å². The highest BCUT2D eigenvalue weighted by atomic mass is 16.5. The van der Waals surface area contributed by atoms with Crippen molar-refractivity contribution in [2.24, 2.45) is 0 Å². The molecule has 10 heteroatoms. The van der Waals surface area contributed by atoms with E-state index >= 15 is 0 Å². The van der Waals surface area contributed by atoms with E-state index in [0.717, 1.165) is 57.5 Å². The third-order valence-corrected chi connectivity index (χ3v) is 35.4. The molecule has 0 saturated carbocycles. The number of aryl methyl sites for hydroxylation is 9. The smallest absolute Gasteiger partial charge is 0.251 e. The molecule has 0 unspecified atom stereocenters. The molecule has 10 aliphatic rings. The van der Waals surface area contributed by atoms with Crippen LogP contribution in [0.1, 0.15) is 280 Å². The molecule has 0 N–H and O–H groups in total. The van der Waals surface area contributed by atoms with E-state index in [-0.39, 0.29) is 82.3 Å². The lowest BCUT2D eigenvalue weighted by Crippen LogP contribution is -2.63. The highest BCUT2D eigenvalue weighted by Crippen LogP contribution is 2.51. The van der Waals surface area contributed by atoms with E-state index in [4.69, 9.17) is 23.7 Å². The molecule has 0 amide bonds. The number of benzene rings is 17. The summed E-state index contributed by atoms with van der Waals surface area (Å²) in [6.45, 7) is 72.4. The lowest BCUT2D eigenvalue weighted by Gasteiger charge is -2.45. The normalized spacial score (nSPS) is 15.6. The Hall–Kier alpha value is -13.7. The zero-order valence-corrected chi connectivity index (χ0v) is 94.1. The third kappa shape index (κ3) is 15.9. The quantitative estimate of drug-likeness (QED) is 0.153. The molecule has 27 rings (SSSR count). The van der Waals surface area contributed by atoms with E-state index in [9.17, 15) is 0 Å². The van der Waals surface area contributed by atoms with Gasteiger partial charge in [0.05, 0.1) is 0 Å². The molecule has 0 aliphatic carbocycles. The van der Waals surface area contributed by atoms with Crippen molar-refractivity contribution >= 4 is 126 Å². The number of fused-ring (bicyclic) bond motifs is 21. The highest BCUT2D eigenvalue weighted by Gasteiger charge is 2.54. The van der Waals surface area contributed by atoms with Crippen molar-refractivity contribution in [1.29, 1.82) is 0 Å². The van der Waals surface area contributed by atoms with E-state index in [1.807, 2.05) is 0 Å². The summed E-state index contributed by atoms with van der Waals surface area (Å²) in [6, 6.07) is 108. The summed E-state index contributed by atoms with van der Waals surface area (Å²) < 4.78 is 32.4. The molecular weight excluding hydrogens is 1820 g/mol. The number of ether oxygens (including phenoxy) is 5. The van der Waals surface area contributed by atoms with Gasteiger partial charge in [-0.2, -0.15) is 0 Å². The Labute approximate surface area is 894 Å². The van der Waals surface area contributed by atoms with Gasteiger partial charge in [-0.15, -0.1) is 0 Å². The van der Waals surface area contributed by atoms with E-state index < -0.39 is 0 Å². The van der Waals surface area contributed by atoms with E-state index in [1.165, 1.54) is 232 Å². The van der Waals surface area contributed by atoms with Crippen molar-refractivity contribution in [3.63, 3.8) is 0 Å². The van der Waals surface area contributed by atoms with Crippen LogP contribution in [-0.4, -0.2) is 33.6 Å². The van der Waals surface area contributed by atoms with Crippen LogP contribution in [0.3, 0.4) is 0 Å². The molecule has 10 heterocycles. The van der Waals surface area contributed by atoms with Gasteiger partial charge in [-0.3, -0.25) is 0 Å². The Kier molecular flexibility index (Phi) is 23.2. The Bertz CT molecular complexity index is 8560. The van der Waals surface area contributed by atoms with Gasteiger partial charge in [-0.25, -0.2) is 0 Å². The molecule has 0 aromatic heterocycles. The fraction of sp³-hybridized carbons (Fsp3) is 0.286. The Morgan fingerprint density at radius 3 is 0.833 bits per heavy atom. The average molecular weight is 1960 g/mol. The van der Waals surface area contributed by atoms with Gasteiger partial charge >= 0.3 is 0 Å². The molecule has 0 spiro atoms. The number of rotatable bonds is 1. The van der Waals surface area contributed by atoms with Crippen molar-refractivity contribution in [2.45, 2.75) is 263 Å². The minimum absolute atomic E-state index is 0.0281. The highest BCUT2D eigenvalue weighted by molar-refractivity contribution is 7.01. The molecule has 0 saturated heterocycles. The third-order valence-electron chi connectivity index (χ3n) is 35.4. The van der Waals surface area contributed by atoms with Crippen LogP contribution >= 0.6 is 0 Å². The Morgan fingerprint density at radius 1 is 0.187 bits per heavy atom. The first-order valence-electron chi connectivity index (χ1n) is 54.7. The minimum atomic E-state index is -0.100. The fourth-order valence-electron chi connectivity index (χ4n) is 28.2. The maximum Gasteiger partial charge on any atom is 0.251 e. The molecule has 5 nitrogen and oxygen atoms in total. The molecular formula is C140H141B5O5. The summed E-state index contributed by atoms with van der Waals surface area (Å²) in [6.07, 6.45) is 0. The van der Waals surface area contributed by atoms with Crippen LogP contribution in [0.25, 0.3) is 21.9 Å². The summed E-state index contributed by atoms with van der Waals surface area (Å²) >= 11 is 0. The maximum atomic E-state index is 6.60. The lowest BCUT2D eigenvalue weighted by molar-refractivity contribution is 0.479. The predicted molar refractivity (Wildman–Crippen MR) is 641 cm³/mol. The molecule has 17 aromatic carbocycles.